The van der Waals surface area contributed by atoms with Crippen molar-refractivity contribution in [2.45, 2.75) is 52.1 Å². The molecule has 1 aliphatic rings. The van der Waals surface area contributed by atoms with Crippen molar-refractivity contribution in [3.05, 3.63) is 81.1 Å². The lowest BCUT2D eigenvalue weighted by Gasteiger charge is -2.29. The third kappa shape index (κ3) is 6.47. The standard InChI is InChI=1S/C31H37ClN6O3/c1-20-6-5-7-27-29(20)38(25-12-13-28(34-18-25)41-15-14-36(3)4)31(40)37(27)19-22-8-10-24(11-9-22)35-30(39)26-16-23(32)17-33-21(26)2/h5-7,12-13,16-18,22,24H,8-11,14-15,19H2,1-4H3,(H,35,39). The van der Waals surface area contributed by atoms with E-state index in [1.165, 1.54) is 0 Å². The number of likely N-dealkylation sites (N-methyl/N-ethyl adjacent to an activating group) is 1. The van der Waals surface area contributed by atoms with Crippen LogP contribution >= 0.6 is 11.6 Å². The molecule has 4 aromatic rings. The summed E-state index contributed by atoms with van der Waals surface area (Å²) in [4.78, 5) is 37.4. The van der Waals surface area contributed by atoms with E-state index in [1.807, 2.05) is 67.7 Å². The van der Waals surface area contributed by atoms with Crippen LogP contribution in [0.2, 0.25) is 5.02 Å². The number of halogens is 1. The van der Waals surface area contributed by atoms with Crippen LogP contribution in [0.5, 0.6) is 5.88 Å². The number of nitrogens with one attached hydrogen (secondary N) is 1. The Kier molecular flexibility index (Phi) is 8.75. The molecule has 10 heteroatoms. The molecule has 1 saturated carbocycles. The van der Waals surface area contributed by atoms with Crippen molar-refractivity contribution in [3.63, 3.8) is 0 Å². The van der Waals surface area contributed by atoms with Gasteiger partial charge in [-0.2, -0.15) is 0 Å². The van der Waals surface area contributed by atoms with Gasteiger partial charge < -0.3 is 15.0 Å². The number of rotatable bonds is 9. The molecule has 0 bridgehead atoms. The number of imidazole rings is 1. The second kappa shape index (κ2) is 12.4. The van der Waals surface area contributed by atoms with Crippen LogP contribution in [0.1, 0.15) is 47.3 Å². The number of fused-ring (bicyclic) bond motifs is 1. The highest BCUT2D eigenvalue weighted by Crippen LogP contribution is 2.29. The third-order valence-corrected chi connectivity index (χ3v) is 8.05. The molecule has 0 radical (unpaired) electrons. The molecule has 1 N–H and O–H groups in total. The Morgan fingerprint density at radius 1 is 1.10 bits per heavy atom. The van der Waals surface area contributed by atoms with Gasteiger partial charge in [-0.1, -0.05) is 23.7 Å². The van der Waals surface area contributed by atoms with Crippen molar-refractivity contribution in [1.29, 1.82) is 0 Å². The van der Waals surface area contributed by atoms with Crippen molar-refractivity contribution in [2.24, 2.45) is 5.92 Å². The summed E-state index contributed by atoms with van der Waals surface area (Å²) in [7, 11) is 3.99. The first-order valence-electron chi connectivity index (χ1n) is 14.1. The van der Waals surface area contributed by atoms with E-state index in [0.717, 1.165) is 48.8 Å². The monoisotopic (exact) mass is 576 g/mol. The molecule has 216 valence electrons. The SMILES string of the molecule is Cc1ncc(Cl)cc1C(=O)NC1CCC(Cn2c(=O)n(-c3ccc(OCCN(C)C)nc3)c3c(C)cccc32)CC1. The highest BCUT2D eigenvalue weighted by molar-refractivity contribution is 6.30. The smallest absolute Gasteiger partial charge is 0.333 e. The molecule has 0 saturated heterocycles. The van der Waals surface area contributed by atoms with Gasteiger partial charge in [0.25, 0.3) is 5.91 Å². The Morgan fingerprint density at radius 3 is 2.59 bits per heavy atom. The number of amides is 1. The summed E-state index contributed by atoms with van der Waals surface area (Å²) in [6.07, 6.45) is 6.80. The van der Waals surface area contributed by atoms with Gasteiger partial charge in [0.15, 0.2) is 0 Å². The van der Waals surface area contributed by atoms with E-state index in [9.17, 15) is 9.59 Å². The van der Waals surface area contributed by atoms with Crippen LogP contribution in [-0.4, -0.2) is 63.2 Å². The van der Waals surface area contributed by atoms with E-state index >= 15 is 0 Å². The second-order valence-electron chi connectivity index (χ2n) is 11.2. The summed E-state index contributed by atoms with van der Waals surface area (Å²) in [6, 6.07) is 11.5. The maximum atomic E-state index is 13.9. The maximum absolute atomic E-state index is 13.9. The van der Waals surface area contributed by atoms with E-state index in [4.69, 9.17) is 16.3 Å². The molecule has 0 spiro atoms. The van der Waals surface area contributed by atoms with Crippen LogP contribution < -0.4 is 15.7 Å². The zero-order chi connectivity index (χ0) is 29.1. The van der Waals surface area contributed by atoms with Crippen LogP contribution in [-0.2, 0) is 6.54 Å². The topological polar surface area (TPSA) is 94.3 Å². The number of carbonyl (C=O) groups excluding carboxylic acids is 1. The van der Waals surface area contributed by atoms with E-state index in [1.54, 1.807) is 23.0 Å². The highest BCUT2D eigenvalue weighted by Gasteiger charge is 2.26. The lowest BCUT2D eigenvalue weighted by molar-refractivity contribution is 0.0919. The van der Waals surface area contributed by atoms with Gasteiger partial charge in [0, 0.05) is 31.4 Å². The Morgan fingerprint density at radius 2 is 1.88 bits per heavy atom. The fourth-order valence-corrected chi connectivity index (χ4v) is 5.72. The number of hydrogen-bond donors (Lipinski definition) is 1. The molecule has 1 fully saturated rings. The second-order valence-corrected chi connectivity index (χ2v) is 11.6. The van der Waals surface area contributed by atoms with Gasteiger partial charge in [-0.25, -0.2) is 9.78 Å². The molecule has 0 atom stereocenters. The van der Waals surface area contributed by atoms with Gasteiger partial charge in [-0.05, 0) is 83.3 Å². The molecule has 9 nitrogen and oxygen atoms in total. The minimum Gasteiger partial charge on any atom is -0.476 e. The number of carbonyl (C=O) groups is 1. The number of aromatic nitrogens is 4. The predicted molar refractivity (Wildman–Crippen MR) is 161 cm³/mol. The Bertz CT molecular complexity index is 1590. The van der Waals surface area contributed by atoms with Gasteiger partial charge in [-0.15, -0.1) is 0 Å². The first-order chi connectivity index (χ1) is 19.7. The number of benzene rings is 1. The summed E-state index contributed by atoms with van der Waals surface area (Å²) in [6.45, 7) is 5.80. The molecule has 5 rings (SSSR count). The number of para-hydroxylation sites is 1. The molecule has 1 aromatic carbocycles. The van der Waals surface area contributed by atoms with Crippen molar-refractivity contribution in [2.75, 3.05) is 27.2 Å². The zero-order valence-corrected chi connectivity index (χ0v) is 24.8. The van der Waals surface area contributed by atoms with Crippen LogP contribution in [0.4, 0.5) is 0 Å². The molecule has 3 heterocycles. The molecule has 0 aliphatic heterocycles. The Hall–Kier alpha value is -3.69. The average molecular weight is 577 g/mol. The maximum Gasteiger partial charge on any atom is 0.333 e. The number of aryl methyl sites for hydroxylation is 2. The Balaban J connectivity index is 1.30. The fourth-order valence-electron chi connectivity index (χ4n) is 5.56. The molecule has 1 amide bonds. The molecular weight excluding hydrogens is 540 g/mol. The minimum atomic E-state index is -0.140. The number of ether oxygens (including phenoxy) is 1. The number of pyridine rings is 2. The van der Waals surface area contributed by atoms with Crippen molar-refractivity contribution in [3.8, 4) is 11.6 Å². The van der Waals surface area contributed by atoms with Gasteiger partial charge in [0.1, 0.15) is 6.61 Å². The normalized spacial score (nSPS) is 17.2. The third-order valence-electron chi connectivity index (χ3n) is 7.84. The van der Waals surface area contributed by atoms with E-state index in [0.29, 0.717) is 46.9 Å². The summed E-state index contributed by atoms with van der Waals surface area (Å²) in [5.74, 6) is 0.730. The highest BCUT2D eigenvalue weighted by atomic mass is 35.5. The predicted octanol–water partition coefficient (Wildman–Crippen LogP) is 4.78. The molecule has 0 unspecified atom stereocenters. The van der Waals surface area contributed by atoms with E-state index in [2.05, 4.69) is 15.3 Å². The first-order valence-corrected chi connectivity index (χ1v) is 14.5. The quantitative estimate of drug-likeness (QED) is 0.308. The molecule has 3 aromatic heterocycles. The molecule has 41 heavy (non-hydrogen) atoms. The Labute approximate surface area is 245 Å². The molecule has 1 aliphatic carbocycles. The van der Waals surface area contributed by atoms with E-state index in [-0.39, 0.29) is 17.6 Å². The lowest BCUT2D eigenvalue weighted by Crippen LogP contribution is -2.39. The van der Waals surface area contributed by atoms with Gasteiger partial charge in [-0.3, -0.25) is 18.9 Å². The number of nitrogens with zero attached hydrogens (tertiary/aromatic N) is 5. The van der Waals surface area contributed by atoms with Crippen molar-refractivity contribution in [1.82, 2.24) is 29.3 Å². The average Bonchev–Trinajstić information content (AvgIpc) is 3.23. The van der Waals surface area contributed by atoms with Crippen LogP contribution in [0, 0.1) is 19.8 Å². The van der Waals surface area contributed by atoms with E-state index < -0.39 is 0 Å². The summed E-state index contributed by atoms with van der Waals surface area (Å²) in [5.41, 5.74) is 4.65. The number of hydrogen-bond acceptors (Lipinski definition) is 6. The summed E-state index contributed by atoms with van der Waals surface area (Å²) >= 11 is 6.06. The first kappa shape index (κ1) is 28.8. The van der Waals surface area contributed by atoms with Gasteiger partial charge >= 0.3 is 5.69 Å². The van der Waals surface area contributed by atoms with Crippen molar-refractivity contribution < 1.29 is 9.53 Å². The zero-order valence-electron chi connectivity index (χ0n) is 24.1. The van der Waals surface area contributed by atoms with Gasteiger partial charge in [0.2, 0.25) is 5.88 Å². The fraction of sp³-hybridized carbons (Fsp3) is 0.419. The summed E-state index contributed by atoms with van der Waals surface area (Å²) < 4.78 is 9.40. The molecular formula is C31H37ClN6O3. The summed E-state index contributed by atoms with van der Waals surface area (Å²) in [5, 5.41) is 3.60. The largest absolute Gasteiger partial charge is 0.476 e. The van der Waals surface area contributed by atoms with Crippen LogP contribution in [0.15, 0.2) is 53.6 Å². The minimum absolute atomic E-state index is 0.0725. The van der Waals surface area contributed by atoms with Gasteiger partial charge in [0.05, 0.1) is 39.2 Å². The van der Waals surface area contributed by atoms with Crippen LogP contribution in [0.25, 0.3) is 16.7 Å². The van der Waals surface area contributed by atoms with Crippen molar-refractivity contribution >= 4 is 28.5 Å². The van der Waals surface area contributed by atoms with Crippen LogP contribution in [0.3, 0.4) is 0 Å². The lowest BCUT2D eigenvalue weighted by atomic mass is 9.85.